The van der Waals surface area contributed by atoms with Crippen LogP contribution in [-0.4, -0.2) is 64.6 Å². The molecular formula is C16H29N5O6S. The molecule has 5 atom stereocenters. The fourth-order valence-corrected chi connectivity index (χ4v) is 2.38. The van der Waals surface area contributed by atoms with Gasteiger partial charge in [0.15, 0.2) is 0 Å². The summed E-state index contributed by atoms with van der Waals surface area (Å²) in [4.78, 5) is 58.5. The van der Waals surface area contributed by atoms with E-state index >= 15 is 0 Å². The Kier molecular flexibility index (Phi) is 11.2. The molecule has 0 aromatic rings. The van der Waals surface area contributed by atoms with Crippen molar-refractivity contribution in [1.29, 1.82) is 0 Å². The van der Waals surface area contributed by atoms with Gasteiger partial charge in [-0.25, -0.2) is 4.79 Å². The monoisotopic (exact) mass is 419 g/mol. The first kappa shape index (κ1) is 25.7. The Hall–Kier alpha value is -2.34. The van der Waals surface area contributed by atoms with E-state index in [0.717, 1.165) is 0 Å². The Balaban J connectivity index is 4.88. The number of hydrogen-bond donors (Lipinski definition) is 7. The number of aliphatic carboxylic acids is 1. The predicted octanol–water partition coefficient (Wildman–Crippen LogP) is -2.28. The van der Waals surface area contributed by atoms with Crippen LogP contribution in [0.25, 0.3) is 0 Å². The summed E-state index contributed by atoms with van der Waals surface area (Å²) in [6, 6.07) is -4.49. The molecule has 0 bridgehead atoms. The smallest absolute Gasteiger partial charge is 0.326 e. The van der Waals surface area contributed by atoms with E-state index in [-0.39, 0.29) is 18.1 Å². The van der Waals surface area contributed by atoms with Crippen molar-refractivity contribution < 1.29 is 29.1 Å². The van der Waals surface area contributed by atoms with Crippen molar-refractivity contribution in [3.63, 3.8) is 0 Å². The van der Waals surface area contributed by atoms with E-state index in [9.17, 15) is 29.1 Å². The van der Waals surface area contributed by atoms with Crippen LogP contribution in [0.4, 0.5) is 0 Å². The van der Waals surface area contributed by atoms with Gasteiger partial charge in [0.05, 0.1) is 12.5 Å². The number of primary amides is 1. The average Bonchev–Trinajstić information content (AvgIpc) is 2.61. The first-order valence-electron chi connectivity index (χ1n) is 8.73. The molecule has 0 saturated heterocycles. The SMILES string of the molecule is CCC(C)C(NC(=O)C(CS)NC(=O)C(C)NC(=O)C(N)CC(N)=O)C(=O)O. The van der Waals surface area contributed by atoms with Crippen molar-refractivity contribution in [1.82, 2.24) is 16.0 Å². The highest BCUT2D eigenvalue weighted by Gasteiger charge is 2.30. The second-order valence-electron chi connectivity index (χ2n) is 6.46. The molecule has 0 aliphatic heterocycles. The minimum Gasteiger partial charge on any atom is -0.480 e. The largest absolute Gasteiger partial charge is 0.480 e. The van der Waals surface area contributed by atoms with Crippen LogP contribution in [0.2, 0.25) is 0 Å². The minimum atomic E-state index is -1.21. The number of nitrogens with two attached hydrogens (primary N) is 2. The fourth-order valence-electron chi connectivity index (χ4n) is 2.12. The maximum absolute atomic E-state index is 12.3. The van der Waals surface area contributed by atoms with Crippen LogP contribution in [0.1, 0.15) is 33.6 Å². The van der Waals surface area contributed by atoms with Crippen molar-refractivity contribution in [3.05, 3.63) is 0 Å². The number of carbonyl (C=O) groups is 5. The highest BCUT2D eigenvalue weighted by molar-refractivity contribution is 7.80. The summed E-state index contributed by atoms with van der Waals surface area (Å²) in [5.74, 6) is -4.52. The highest BCUT2D eigenvalue weighted by Crippen LogP contribution is 2.08. The third-order valence-electron chi connectivity index (χ3n) is 4.10. The normalized spacial score (nSPS) is 16.0. The third kappa shape index (κ3) is 8.57. The van der Waals surface area contributed by atoms with Crippen LogP contribution in [0.3, 0.4) is 0 Å². The van der Waals surface area contributed by atoms with Crippen molar-refractivity contribution >= 4 is 42.2 Å². The lowest BCUT2D eigenvalue weighted by molar-refractivity contribution is -0.143. The molecule has 0 aromatic carbocycles. The number of carbonyl (C=O) groups excluding carboxylic acids is 4. The second-order valence-corrected chi connectivity index (χ2v) is 6.83. The van der Waals surface area contributed by atoms with E-state index in [0.29, 0.717) is 6.42 Å². The van der Waals surface area contributed by atoms with Gasteiger partial charge in [-0.05, 0) is 12.8 Å². The number of amides is 4. The highest BCUT2D eigenvalue weighted by atomic mass is 32.1. The number of rotatable bonds is 12. The summed E-state index contributed by atoms with van der Waals surface area (Å²) >= 11 is 4.01. The molecular weight excluding hydrogens is 390 g/mol. The zero-order valence-electron chi connectivity index (χ0n) is 16.1. The van der Waals surface area contributed by atoms with Crippen molar-refractivity contribution in [3.8, 4) is 0 Å². The molecule has 4 amide bonds. The van der Waals surface area contributed by atoms with Crippen LogP contribution in [0, 0.1) is 5.92 Å². The predicted molar refractivity (Wildman–Crippen MR) is 104 cm³/mol. The topological polar surface area (TPSA) is 194 Å². The molecule has 8 N–H and O–H groups in total. The minimum absolute atomic E-state index is 0.0910. The third-order valence-corrected chi connectivity index (χ3v) is 4.47. The van der Waals surface area contributed by atoms with Crippen LogP contribution < -0.4 is 27.4 Å². The van der Waals surface area contributed by atoms with E-state index in [1.54, 1.807) is 13.8 Å². The van der Waals surface area contributed by atoms with Gasteiger partial charge in [0.2, 0.25) is 23.6 Å². The first-order chi connectivity index (χ1) is 12.9. The van der Waals surface area contributed by atoms with E-state index in [1.165, 1.54) is 6.92 Å². The number of hydrogen-bond acceptors (Lipinski definition) is 7. The second kappa shape index (κ2) is 12.2. The molecule has 0 heterocycles. The Morgan fingerprint density at radius 2 is 1.57 bits per heavy atom. The Labute approximate surface area is 168 Å². The van der Waals surface area contributed by atoms with Gasteiger partial charge in [-0.1, -0.05) is 20.3 Å². The van der Waals surface area contributed by atoms with Crippen LogP contribution in [-0.2, 0) is 24.0 Å². The van der Waals surface area contributed by atoms with E-state index in [2.05, 4.69) is 28.6 Å². The zero-order valence-corrected chi connectivity index (χ0v) is 17.0. The molecule has 11 nitrogen and oxygen atoms in total. The number of carboxylic acids is 1. The summed E-state index contributed by atoms with van der Waals surface area (Å²) in [5.41, 5.74) is 10.4. The standard InChI is InChI=1S/C16H29N5O6S/c1-4-7(2)12(16(26)27)21-15(25)10(6-28)20-13(23)8(3)19-14(24)9(17)5-11(18)22/h7-10,12,28H,4-6,17H2,1-3H3,(H2,18,22)(H,19,24)(H,20,23)(H,21,25)(H,26,27). The molecule has 0 saturated carbocycles. The van der Waals surface area contributed by atoms with Gasteiger partial charge < -0.3 is 32.5 Å². The number of thiol groups is 1. The van der Waals surface area contributed by atoms with Gasteiger partial charge in [-0.2, -0.15) is 12.6 Å². The molecule has 12 heteroatoms. The fraction of sp³-hybridized carbons (Fsp3) is 0.688. The number of nitrogens with one attached hydrogen (secondary N) is 3. The molecule has 160 valence electrons. The van der Waals surface area contributed by atoms with Crippen molar-refractivity contribution in [2.24, 2.45) is 17.4 Å². The number of carboxylic acid groups (broad SMARTS) is 1. The summed E-state index contributed by atoms with van der Waals surface area (Å²) in [7, 11) is 0. The zero-order chi connectivity index (χ0) is 22.0. The maximum Gasteiger partial charge on any atom is 0.326 e. The van der Waals surface area contributed by atoms with E-state index < -0.39 is 53.8 Å². The van der Waals surface area contributed by atoms with E-state index in [4.69, 9.17) is 11.5 Å². The Bertz CT molecular complexity index is 602. The quantitative estimate of drug-likeness (QED) is 0.173. The van der Waals surface area contributed by atoms with Crippen LogP contribution in [0.15, 0.2) is 0 Å². The van der Waals surface area contributed by atoms with Gasteiger partial charge >= 0.3 is 5.97 Å². The Morgan fingerprint density at radius 1 is 1.00 bits per heavy atom. The van der Waals surface area contributed by atoms with Gasteiger partial charge in [-0.15, -0.1) is 0 Å². The van der Waals surface area contributed by atoms with Gasteiger partial charge in [0.25, 0.3) is 0 Å². The lowest BCUT2D eigenvalue weighted by Gasteiger charge is -2.24. The molecule has 28 heavy (non-hydrogen) atoms. The summed E-state index contributed by atoms with van der Waals surface area (Å²) in [5, 5.41) is 16.3. The molecule has 5 unspecified atom stereocenters. The molecule has 0 fully saturated rings. The summed E-state index contributed by atoms with van der Waals surface area (Å²) < 4.78 is 0. The maximum atomic E-state index is 12.3. The molecule has 0 aromatic heterocycles. The summed E-state index contributed by atoms with van der Waals surface area (Å²) in [6.45, 7) is 4.83. The Morgan fingerprint density at radius 3 is 2.00 bits per heavy atom. The molecule has 0 rings (SSSR count). The average molecular weight is 420 g/mol. The molecule has 0 aliphatic rings. The van der Waals surface area contributed by atoms with Crippen molar-refractivity contribution in [2.75, 3.05) is 5.75 Å². The lowest BCUT2D eigenvalue weighted by atomic mass is 9.99. The first-order valence-corrected chi connectivity index (χ1v) is 9.36. The van der Waals surface area contributed by atoms with Crippen molar-refractivity contribution in [2.45, 2.75) is 57.8 Å². The molecule has 0 spiro atoms. The van der Waals surface area contributed by atoms with Gasteiger partial charge in [0, 0.05) is 5.75 Å². The molecule has 0 radical (unpaired) electrons. The summed E-state index contributed by atoms with van der Waals surface area (Å²) in [6.07, 6.45) is 0.151. The van der Waals surface area contributed by atoms with E-state index in [1.807, 2.05) is 0 Å². The lowest BCUT2D eigenvalue weighted by Crippen LogP contribution is -2.57. The molecule has 0 aliphatic carbocycles. The van der Waals surface area contributed by atoms with Gasteiger partial charge in [-0.3, -0.25) is 19.2 Å². The van der Waals surface area contributed by atoms with Crippen LogP contribution in [0.5, 0.6) is 0 Å². The van der Waals surface area contributed by atoms with Crippen LogP contribution >= 0.6 is 12.6 Å². The van der Waals surface area contributed by atoms with Gasteiger partial charge in [0.1, 0.15) is 18.1 Å².